The molecule has 4 nitrogen and oxygen atoms in total. The van der Waals surface area contributed by atoms with Gasteiger partial charge in [0.1, 0.15) is 0 Å². The zero-order chi connectivity index (χ0) is 15.2. The van der Waals surface area contributed by atoms with Crippen molar-refractivity contribution in [3.63, 3.8) is 0 Å². The summed E-state index contributed by atoms with van der Waals surface area (Å²) in [5, 5.41) is 1.07. The molecule has 0 saturated carbocycles. The summed E-state index contributed by atoms with van der Waals surface area (Å²) in [6.45, 7) is 2.03. The van der Waals surface area contributed by atoms with Crippen LogP contribution in [0.3, 0.4) is 0 Å². The minimum absolute atomic E-state index is 0.0276. The van der Waals surface area contributed by atoms with Gasteiger partial charge in [0, 0.05) is 22.3 Å². The fraction of sp³-hybridized carbons (Fsp3) is 0.267. The van der Waals surface area contributed by atoms with Gasteiger partial charge in [-0.25, -0.2) is 4.98 Å². The largest absolute Gasteiger partial charge is 0.301 e. The highest BCUT2D eigenvalue weighted by atomic mass is 35.5. The van der Waals surface area contributed by atoms with Crippen LogP contribution in [0.4, 0.5) is 0 Å². The second kappa shape index (κ2) is 7.43. The number of hydrogen-bond acceptors (Lipinski definition) is 4. The van der Waals surface area contributed by atoms with Crippen LogP contribution in [0.1, 0.15) is 29.4 Å². The minimum atomic E-state index is -0.185. The highest BCUT2D eigenvalue weighted by molar-refractivity contribution is 7.99. The molecule has 0 spiro atoms. The van der Waals surface area contributed by atoms with Crippen molar-refractivity contribution in [1.82, 2.24) is 9.97 Å². The third-order valence-electron chi connectivity index (χ3n) is 2.79. The first-order chi connectivity index (χ1) is 10.1. The molecule has 0 aliphatic heterocycles. The Balaban J connectivity index is 2.04. The summed E-state index contributed by atoms with van der Waals surface area (Å²) >= 11 is 7.02. The zero-order valence-electron chi connectivity index (χ0n) is 11.6. The fourth-order valence-electron chi connectivity index (χ4n) is 1.79. The van der Waals surface area contributed by atoms with E-state index >= 15 is 0 Å². The van der Waals surface area contributed by atoms with Gasteiger partial charge in [-0.15, -0.1) is 0 Å². The van der Waals surface area contributed by atoms with Crippen molar-refractivity contribution in [2.75, 3.05) is 5.75 Å². The molecule has 6 heteroatoms. The maximum atomic E-state index is 12.0. The van der Waals surface area contributed by atoms with Crippen molar-refractivity contribution in [2.45, 2.75) is 24.9 Å². The van der Waals surface area contributed by atoms with Crippen molar-refractivity contribution >= 4 is 29.1 Å². The normalized spacial score (nSPS) is 10.6. The number of H-pyrrole nitrogens is 1. The van der Waals surface area contributed by atoms with Crippen molar-refractivity contribution in [1.29, 1.82) is 0 Å². The average Bonchev–Trinajstić information content (AvgIpc) is 2.45. The number of hydrogen-bond donors (Lipinski definition) is 1. The lowest BCUT2D eigenvalue weighted by Gasteiger charge is -2.03. The van der Waals surface area contributed by atoms with E-state index in [0.717, 1.165) is 18.5 Å². The lowest BCUT2D eigenvalue weighted by atomic mass is 10.1. The van der Waals surface area contributed by atoms with Crippen LogP contribution in [0.25, 0.3) is 0 Å². The van der Waals surface area contributed by atoms with Gasteiger partial charge in [-0.2, -0.15) is 0 Å². The molecule has 0 radical (unpaired) electrons. The van der Waals surface area contributed by atoms with E-state index in [0.29, 0.717) is 15.7 Å². The molecule has 1 heterocycles. The Hall–Kier alpha value is -1.59. The van der Waals surface area contributed by atoms with Gasteiger partial charge in [0.15, 0.2) is 10.9 Å². The molecule has 1 aromatic heterocycles. The van der Waals surface area contributed by atoms with Gasteiger partial charge < -0.3 is 4.98 Å². The van der Waals surface area contributed by atoms with E-state index in [9.17, 15) is 9.59 Å². The van der Waals surface area contributed by atoms with Gasteiger partial charge >= 0.3 is 0 Å². The Labute approximate surface area is 132 Å². The molecular weight excluding hydrogens is 308 g/mol. The molecule has 1 aromatic carbocycles. The van der Waals surface area contributed by atoms with Gasteiger partial charge in [-0.3, -0.25) is 9.59 Å². The number of aromatic amines is 1. The lowest BCUT2D eigenvalue weighted by Crippen LogP contribution is -2.11. The number of nitrogens with zero attached hydrogens (tertiary/aromatic N) is 1. The maximum absolute atomic E-state index is 12.0. The van der Waals surface area contributed by atoms with E-state index in [1.54, 1.807) is 24.3 Å². The molecule has 2 aromatic rings. The molecule has 1 N–H and O–H groups in total. The number of benzene rings is 1. The van der Waals surface area contributed by atoms with E-state index in [1.165, 1.54) is 17.8 Å². The van der Waals surface area contributed by atoms with E-state index < -0.39 is 0 Å². The van der Waals surface area contributed by atoms with Crippen LogP contribution >= 0.6 is 23.4 Å². The van der Waals surface area contributed by atoms with Crippen LogP contribution < -0.4 is 5.56 Å². The standard InChI is InChI=1S/C15H15ClN2O2S/c1-2-3-12-8-14(20)18-15(17-12)21-9-13(19)10-4-6-11(16)7-5-10/h4-8H,2-3,9H2,1H3,(H,17,18,20). The SMILES string of the molecule is CCCc1cc(=O)[nH]c(SCC(=O)c2ccc(Cl)cc2)n1. The van der Waals surface area contributed by atoms with Crippen LogP contribution in [-0.4, -0.2) is 21.5 Å². The number of halogens is 1. The number of aryl methyl sites for hydroxylation is 1. The summed E-state index contributed by atoms with van der Waals surface area (Å²) in [5.74, 6) is 0.195. The van der Waals surface area contributed by atoms with Crippen molar-refractivity contribution < 1.29 is 4.79 Å². The topological polar surface area (TPSA) is 62.8 Å². The number of nitrogens with one attached hydrogen (secondary N) is 1. The molecule has 110 valence electrons. The Morgan fingerprint density at radius 1 is 1.33 bits per heavy atom. The Morgan fingerprint density at radius 3 is 2.71 bits per heavy atom. The lowest BCUT2D eigenvalue weighted by molar-refractivity contribution is 0.102. The van der Waals surface area contributed by atoms with Crippen molar-refractivity contribution in [2.24, 2.45) is 0 Å². The number of Topliss-reactive ketones (excluding diaryl/α,β-unsaturated/α-hetero) is 1. The molecule has 0 amide bonds. The van der Waals surface area contributed by atoms with Gasteiger partial charge in [-0.1, -0.05) is 36.7 Å². The van der Waals surface area contributed by atoms with E-state index in [4.69, 9.17) is 11.6 Å². The average molecular weight is 323 g/mol. The Morgan fingerprint density at radius 2 is 2.05 bits per heavy atom. The fourth-order valence-corrected chi connectivity index (χ4v) is 2.70. The third kappa shape index (κ3) is 4.72. The second-order valence-corrected chi connectivity index (χ2v) is 5.91. The molecule has 0 atom stereocenters. The van der Waals surface area contributed by atoms with E-state index in [-0.39, 0.29) is 17.1 Å². The number of thioether (sulfide) groups is 1. The number of carbonyl (C=O) groups excluding carboxylic acids is 1. The van der Waals surface area contributed by atoms with Gasteiger partial charge in [0.05, 0.1) is 5.75 Å². The Bertz CT molecular complexity index is 683. The van der Waals surface area contributed by atoms with E-state index in [1.807, 2.05) is 6.92 Å². The van der Waals surface area contributed by atoms with E-state index in [2.05, 4.69) is 9.97 Å². The molecule has 2 rings (SSSR count). The van der Waals surface area contributed by atoms with Crippen LogP contribution in [0.5, 0.6) is 0 Å². The summed E-state index contributed by atoms with van der Waals surface area (Å²) in [5.41, 5.74) is 1.16. The smallest absolute Gasteiger partial charge is 0.251 e. The molecule has 21 heavy (non-hydrogen) atoms. The van der Waals surface area contributed by atoms with Gasteiger partial charge in [0.25, 0.3) is 5.56 Å². The maximum Gasteiger partial charge on any atom is 0.251 e. The summed E-state index contributed by atoms with van der Waals surface area (Å²) in [6, 6.07) is 8.24. The Kier molecular flexibility index (Phi) is 5.59. The predicted molar refractivity (Wildman–Crippen MR) is 85.4 cm³/mol. The summed E-state index contributed by atoms with van der Waals surface area (Å²) in [7, 11) is 0. The highest BCUT2D eigenvalue weighted by Crippen LogP contribution is 2.16. The molecule has 0 saturated heterocycles. The predicted octanol–water partition coefficient (Wildman–Crippen LogP) is 3.35. The molecule has 0 fully saturated rings. The number of rotatable bonds is 6. The van der Waals surface area contributed by atoms with Crippen LogP contribution in [0, 0.1) is 0 Å². The number of ketones is 1. The molecule has 0 aliphatic carbocycles. The third-order valence-corrected chi connectivity index (χ3v) is 3.91. The monoisotopic (exact) mass is 322 g/mol. The van der Waals surface area contributed by atoms with Gasteiger partial charge in [-0.05, 0) is 30.7 Å². The van der Waals surface area contributed by atoms with Crippen LogP contribution in [-0.2, 0) is 6.42 Å². The van der Waals surface area contributed by atoms with Crippen molar-refractivity contribution in [3.05, 3.63) is 57.0 Å². The van der Waals surface area contributed by atoms with Crippen LogP contribution in [0.2, 0.25) is 5.02 Å². The minimum Gasteiger partial charge on any atom is -0.301 e. The molecular formula is C15H15ClN2O2S. The first-order valence-corrected chi connectivity index (χ1v) is 7.96. The summed E-state index contributed by atoms with van der Waals surface area (Å²) in [4.78, 5) is 30.6. The summed E-state index contributed by atoms with van der Waals surface area (Å²) in [6.07, 6.45) is 1.67. The molecule has 0 unspecified atom stereocenters. The first kappa shape index (κ1) is 15.8. The number of aromatic nitrogens is 2. The van der Waals surface area contributed by atoms with Gasteiger partial charge in [0.2, 0.25) is 0 Å². The molecule has 0 bridgehead atoms. The molecule has 0 aliphatic rings. The zero-order valence-corrected chi connectivity index (χ0v) is 13.1. The van der Waals surface area contributed by atoms with Crippen molar-refractivity contribution in [3.8, 4) is 0 Å². The number of carbonyl (C=O) groups is 1. The second-order valence-electron chi connectivity index (χ2n) is 4.51. The highest BCUT2D eigenvalue weighted by Gasteiger charge is 2.08. The van der Waals surface area contributed by atoms with Crippen LogP contribution in [0.15, 0.2) is 40.3 Å². The summed E-state index contributed by atoms with van der Waals surface area (Å²) < 4.78 is 0. The first-order valence-electron chi connectivity index (χ1n) is 6.60. The quantitative estimate of drug-likeness (QED) is 0.503.